The quantitative estimate of drug-likeness (QED) is 0.774. The molecule has 1 atom stereocenters. The van der Waals surface area contributed by atoms with E-state index >= 15 is 0 Å². The molecule has 7 heteroatoms. The van der Waals surface area contributed by atoms with Crippen molar-refractivity contribution in [1.29, 1.82) is 0 Å². The Morgan fingerprint density at radius 1 is 1.25 bits per heavy atom. The number of thioether (sulfide) groups is 2. The molecule has 132 valence electrons. The Hall–Kier alpha value is -1.34. The van der Waals surface area contributed by atoms with Gasteiger partial charge in [0.15, 0.2) is 6.61 Å². The maximum atomic E-state index is 11.8. The average molecular weight is 369 g/mol. The minimum absolute atomic E-state index is 0.101. The Kier molecular flexibility index (Phi) is 7.78. The molecule has 5 nitrogen and oxygen atoms in total. The van der Waals surface area contributed by atoms with Crippen LogP contribution in [-0.2, 0) is 9.59 Å². The lowest BCUT2D eigenvalue weighted by molar-refractivity contribution is -0.129. The van der Waals surface area contributed by atoms with E-state index in [4.69, 9.17) is 4.74 Å². The minimum atomic E-state index is -0.566. The number of rotatable bonds is 7. The van der Waals surface area contributed by atoms with E-state index in [1.807, 2.05) is 42.6 Å². The summed E-state index contributed by atoms with van der Waals surface area (Å²) in [5.74, 6) is 2.57. The van der Waals surface area contributed by atoms with E-state index < -0.39 is 6.04 Å². The summed E-state index contributed by atoms with van der Waals surface area (Å²) in [7, 11) is 0. The summed E-state index contributed by atoms with van der Waals surface area (Å²) in [5, 5.41) is 5.28. The highest BCUT2D eigenvalue weighted by Crippen LogP contribution is 2.43. The van der Waals surface area contributed by atoms with Gasteiger partial charge in [-0.3, -0.25) is 9.59 Å². The number of amides is 2. The molecule has 0 aromatic heterocycles. The largest absolute Gasteiger partial charge is 0.484 e. The number of ether oxygens (including phenoxy) is 1. The number of likely N-dealkylation sites (N-methyl/N-ethyl adjacent to an activating group) is 1. The highest BCUT2D eigenvalue weighted by atomic mass is 32.2. The summed E-state index contributed by atoms with van der Waals surface area (Å²) < 4.78 is 5.99. The molecular weight excluding hydrogens is 344 g/mol. The molecule has 1 aromatic carbocycles. The van der Waals surface area contributed by atoms with Crippen molar-refractivity contribution in [2.75, 3.05) is 24.7 Å². The Labute approximate surface area is 151 Å². The monoisotopic (exact) mass is 368 g/mol. The number of carbonyl (C=O) groups excluding carboxylic acids is 2. The van der Waals surface area contributed by atoms with Crippen LogP contribution in [0, 0.1) is 0 Å². The predicted octanol–water partition coefficient (Wildman–Crippen LogP) is 2.57. The fourth-order valence-corrected chi connectivity index (χ4v) is 5.12. The van der Waals surface area contributed by atoms with E-state index in [1.54, 1.807) is 6.92 Å². The smallest absolute Gasteiger partial charge is 0.258 e. The first kappa shape index (κ1) is 19.0. The molecule has 1 heterocycles. The third-order valence-electron chi connectivity index (χ3n) is 3.47. The molecule has 2 N–H and O–H groups in total. The highest BCUT2D eigenvalue weighted by molar-refractivity contribution is 8.16. The van der Waals surface area contributed by atoms with Crippen molar-refractivity contribution in [3.63, 3.8) is 0 Å². The van der Waals surface area contributed by atoms with Crippen molar-refractivity contribution in [2.45, 2.75) is 30.9 Å². The standard InChI is InChI=1S/C17H24N2O3S2/c1-3-18-16(21)12(2)19-15(20)11-22-14-7-5-13(6-8-14)17-23-9-4-10-24-17/h5-8,12,17H,3-4,9-11H2,1-2H3,(H,18,21)(H,19,20)/t12-/m0/s1. The van der Waals surface area contributed by atoms with Crippen molar-refractivity contribution in [1.82, 2.24) is 10.6 Å². The molecule has 0 unspecified atom stereocenters. The third kappa shape index (κ3) is 5.94. The van der Waals surface area contributed by atoms with E-state index in [0.29, 0.717) is 16.9 Å². The zero-order valence-corrected chi connectivity index (χ0v) is 15.7. The second-order valence-corrected chi connectivity index (χ2v) is 8.19. The number of hydrogen-bond acceptors (Lipinski definition) is 5. The second-order valence-electron chi connectivity index (χ2n) is 5.47. The molecule has 0 saturated carbocycles. The molecule has 0 radical (unpaired) electrons. The molecule has 1 aromatic rings. The normalized spacial score (nSPS) is 16.2. The zero-order chi connectivity index (χ0) is 17.4. The van der Waals surface area contributed by atoms with Crippen LogP contribution in [0.1, 0.15) is 30.4 Å². The van der Waals surface area contributed by atoms with Gasteiger partial charge in [-0.15, -0.1) is 23.5 Å². The molecule has 0 spiro atoms. The molecule has 1 aliphatic rings. The van der Waals surface area contributed by atoms with E-state index in [1.165, 1.54) is 23.5 Å². The van der Waals surface area contributed by atoms with E-state index in [0.717, 1.165) is 0 Å². The van der Waals surface area contributed by atoms with Gasteiger partial charge in [-0.05, 0) is 49.5 Å². The lowest BCUT2D eigenvalue weighted by Gasteiger charge is -2.21. The number of hydrogen-bond donors (Lipinski definition) is 2. The lowest BCUT2D eigenvalue weighted by Crippen LogP contribution is -2.46. The summed E-state index contributed by atoms with van der Waals surface area (Å²) in [6, 6.07) is 7.34. The van der Waals surface area contributed by atoms with Crippen LogP contribution in [0.3, 0.4) is 0 Å². The Balaban J connectivity index is 1.77. The Morgan fingerprint density at radius 2 is 1.92 bits per heavy atom. The summed E-state index contributed by atoms with van der Waals surface area (Å²) in [6.07, 6.45) is 1.27. The first-order valence-electron chi connectivity index (χ1n) is 8.13. The first-order valence-corrected chi connectivity index (χ1v) is 10.2. The molecule has 0 bridgehead atoms. The van der Waals surface area contributed by atoms with Crippen LogP contribution < -0.4 is 15.4 Å². The molecule has 24 heavy (non-hydrogen) atoms. The van der Waals surface area contributed by atoms with Gasteiger partial charge in [0, 0.05) is 6.54 Å². The minimum Gasteiger partial charge on any atom is -0.484 e. The van der Waals surface area contributed by atoms with Crippen LogP contribution >= 0.6 is 23.5 Å². The molecule has 2 rings (SSSR count). The Morgan fingerprint density at radius 3 is 2.54 bits per heavy atom. The Bertz CT molecular complexity index is 545. The van der Waals surface area contributed by atoms with Crippen molar-refractivity contribution in [3.05, 3.63) is 29.8 Å². The summed E-state index contributed by atoms with van der Waals surface area (Å²) in [5.41, 5.74) is 1.28. The number of carbonyl (C=O) groups is 2. The lowest BCUT2D eigenvalue weighted by atomic mass is 10.2. The van der Waals surface area contributed by atoms with Gasteiger partial charge in [0.2, 0.25) is 5.91 Å². The van der Waals surface area contributed by atoms with Gasteiger partial charge >= 0.3 is 0 Å². The van der Waals surface area contributed by atoms with Crippen LogP contribution in [-0.4, -0.2) is 42.5 Å². The fraction of sp³-hybridized carbons (Fsp3) is 0.529. The van der Waals surface area contributed by atoms with Crippen LogP contribution in [0.25, 0.3) is 0 Å². The van der Waals surface area contributed by atoms with Crippen molar-refractivity contribution in [3.8, 4) is 5.75 Å². The highest BCUT2D eigenvalue weighted by Gasteiger charge is 2.17. The van der Waals surface area contributed by atoms with E-state index in [2.05, 4.69) is 22.8 Å². The topological polar surface area (TPSA) is 67.4 Å². The maximum Gasteiger partial charge on any atom is 0.258 e. The van der Waals surface area contributed by atoms with Gasteiger partial charge in [-0.25, -0.2) is 0 Å². The number of nitrogens with one attached hydrogen (secondary N) is 2. The van der Waals surface area contributed by atoms with Crippen LogP contribution in [0.15, 0.2) is 24.3 Å². The molecule has 2 amide bonds. The van der Waals surface area contributed by atoms with Crippen LogP contribution in [0.5, 0.6) is 5.75 Å². The predicted molar refractivity (Wildman–Crippen MR) is 100 cm³/mol. The van der Waals surface area contributed by atoms with Crippen molar-refractivity contribution >= 4 is 35.3 Å². The van der Waals surface area contributed by atoms with Crippen molar-refractivity contribution in [2.24, 2.45) is 0 Å². The van der Waals surface area contributed by atoms with E-state index in [-0.39, 0.29) is 18.4 Å². The van der Waals surface area contributed by atoms with Gasteiger partial charge in [-0.1, -0.05) is 12.1 Å². The van der Waals surface area contributed by atoms with Gasteiger partial charge < -0.3 is 15.4 Å². The van der Waals surface area contributed by atoms with E-state index in [9.17, 15) is 9.59 Å². The number of benzene rings is 1. The van der Waals surface area contributed by atoms with Gasteiger partial charge in [0.05, 0.1) is 4.58 Å². The van der Waals surface area contributed by atoms with Gasteiger partial charge in [0.25, 0.3) is 5.91 Å². The SMILES string of the molecule is CCNC(=O)[C@H](C)NC(=O)COc1ccc(C2SCCCS2)cc1. The molecule has 0 aliphatic carbocycles. The summed E-state index contributed by atoms with van der Waals surface area (Å²) in [4.78, 5) is 23.4. The van der Waals surface area contributed by atoms with Crippen LogP contribution in [0.2, 0.25) is 0 Å². The first-order chi connectivity index (χ1) is 11.6. The fourth-order valence-electron chi connectivity index (χ4n) is 2.23. The average Bonchev–Trinajstić information content (AvgIpc) is 2.61. The molecule has 1 aliphatic heterocycles. The van der Waals surface area contributed by atoms with Crippen LogP contribution in [0.4, 0.5) is 0 Å². The summed E-state index contributed by atoms with van der Waals surface area (Å²) >= 11 is 3.95. The van der Waals surface area contributed by atoms with Gasteiger partial charge in [-0.2, -0.15) is 0 Å². The van der Waals surface area contributed by atoms with Crippen molar-refractivity contribution < 1.29 is 14.3 Å². The molecule has 1 fully saturated rings. The molecular formula is C17H24N2O3S2. The summed E-state index contributed by atoms with van der Waals surface area (Å²) in [6.45, 7) is 3.93. The second kappa shape index (κ2) is 9.84. The third-order valence-corrected chi connectivity index (χ3v) is 6.49. The maximum absolute atomic E-state index is 11.8. The molecule has 1 saturated heterocycles. The zero-order valence-electron chi connectivity index (χ0n) is 14.0. The van der Waals surface area contributed by atoms with Gasteiger partial charge in [0.1, 0.15) is 11.8 Å².